The van der Waals surface area contributed by atoms with E-state index >= 15 is 0 Å². The summed E-state index contributed by atoms with van der Waals surface area (Å²) >= 11 is 0. The van der Waals surface area contributed by atoms with Gasteiger partial charge < -0.3 is 14.0 Å². The molecule has 328 valence electrons. The lowest BCUT2D eigenvalue weighted by Crippen LogP contribution is -2.18. The van der Waals surface area contributed by atoms with Crippen LogP contribution in [0.25, 0.3) is 88.4 Å². The molecular weight excluding hydrogens is 835 g/mol. The highest BCUT2D eigenvalue weighted by molar-refractivity contribution is 6.26. The quantitative estimate of drug-likeness (QED) is 0.162. The van der Waals surface area contributed by atoms with E-state index in [0.717, 1.165) is 28.4 Å². The molecule has 3 nitrogen and oxygen atoms in total. The van der Waals surface area contributed by atoms with Crippen LogP contribution >= 0.6 is 0 Å². The Morgan fingerprint density at radius 1 is 0.319 bits per heavy atom. The first-order valence-electron chi connectivity index (χ1n) is 24.3. The molecule has 10 aromatic carbocycles. The fourth-order valence-corrected chi connectivity index (χ4v) is 12.4. The van der Waals surface area contributed by atoms with Gasteiger partial charge in [-0.2, -0.15) is 0 Å². The Kier molecular flexibility index (Phi) is 8.38. The van der Waals surface area contributed by atoms with Gasteiger partial charge in [0.05, 0.1) is 22.1 Å². The predicted molar refractivity (Wildman–Crippen MR) is 290 cm³/mol. The average molecular weight is 884 g/mol. The lowest BCUT2D eigenvalue weighted by molar-refractivity contribution is 0.660. The maximum absolute atomic E-state index is 2.48. The summed E-state index contributed by atoms with van der Waals surface area (Å²) in [6, 6.07) is 83.5. The smallest absolute Gasteiger partial charge is 0.0641 e. The highest BCUT2D eigenvalue weighted by Crippen LogP contribution is 2.53. The number of nitrogens with zero attached hydrogens (tertiary/aromatic N) is 3. The second-order valence-electron chi connectivity index (χ2n) is 20.1. The number of fused-ring (bicyclic) bond motifs is 13. The van der Waals surface area contributed by atoms with Crippen LogP contribution in [-0.4, -0.2) is 9.13 Å². The van der Waals surface area contributed by atoms with Crippen molar-refractivity contribution in [2.75, 3.05) is 4.90 Å². The van der Waals surface area contributed by atoms with E-state index in [4.69, 9.17) is 0 Å². The second-order valence-corrected chi connectivity index (χ2v) is 20.1. The van der Waals surface area contributed by atoms with E-state index in [2.05, 4.69) is 266 Å². The summed E-state index contributed by atoms with van der Waals surface area (Å²) in [5, 5.41) is 4.98. The SMILES string of the molecule is CC1(C)c2ccccc2-c2ccc(N(c3ccc(-c4ccc5c(c4)c4ccc6c(c7ccccc7n6-c6ccccc6)c4n5-c4ccccc4)cc3)c3ccc4c(c3)C(C)(C)c3ccccc3-4)cc21. The van der Waals surface area contributed by atoms with Gasteiger partial charge in [0.15, 0.2) is 0 Å². The maximum Gasteiger partial charge on any atom is 0.0641 e. The van der Waals surface area contributed by atoms with Crippen LogP contribution in [0.2, 0.25) is 0 Å². The van der Waals surface area contributed by atoms with Crippen LogP contribution in [0, 0.1) is 0 Å². The van der Waals surface area contributed by atoms with E-state index in [9.17, 15) is 0 Å². The van der Waals surface area contributed by atoms with Gasteiger partial charge in [-0.25, -0.2) is 0 Å². The molecule has 0 fully saturated rings. The van der Waals surface area contributed by atoms with E-state index in [0.29, 0.717) is 0 Å². The molecule has 2 aromatic heterocycles. The molecule has 0 spiro atoms. The maximum atomic E-state index is 2.48. The third-order valence-electron chi connectivity index (χ3n) is 15.7. The zero-order valence-electron chi connectivity index (χ0n) is 39.2. The van der Waals surface area contributed by atoms with E-state index in [-0.39, 0.29) is 10.8 Å². The molecule has 0 atom stereocenters. The molecule has 2 aliphatic rings. The van der Waals surface area contributed by atoms with Crippen molar-refractivity contribution in [3.8, 4) is 44.8 Å². The monoisotopic (exact) mass is 883 g/mol. The molecule has 0 saturated heterocycles. The first kappa shape index (κ1) is 39.7. The van der Waals surface area contributed by atoms with Gasteiger partial charge >= 0.3 is 0 Å². The molecule has 3 heteroatoms. The minimum atomic E-state index is -0.119. The highest BCUT2D eigenvalue weighted by atomic mass is 15.1. The summed E-state index contributed by atoms with van der Waals surface area (Å²) in [6.45, 7) is 9.48. The van der Waals surface area contributed by atoms with Crippen LogP contribution in [-0.2, 0) is 10.8 Å². The Morgan fingerprint density at radius 2 is 0.797 bits per heavy atom. The molecule has 0 saturated carbocycles. The number of para-hydroxylation sites is 3. The molecule has 0 bridgehead atoms. The van der Waals surface area contributed by atoms with Crippen molar-refractivity contribution in [3.05, 3.63) is 247 Å². The highest BCUT2D eigenvalue weighted by Gasteiger charge is 2.38. The van der Waals surface area contributed by atoms with Crippen molar-refractivity contribution >= 4 is 60.7 Å². The van der Waals surface area contributed by atoms with Crippen molar-refractivity contribution in [1.82, 2.24) is 9.13 Å². The molecule has 0 N–H and O–H groups in total. The number of anilines is 3. The number of aromatic nitrogens is 2. The molecule has 0 radical (unpaired) electrons. The standard InChI is InChI=1S/C66H49N3/c1-65(2)56-24-14-11-21-49(56)51-34-32-47(40-58(51)65)67(48-33-35-52-50-22-12-15-25-57(50)66(3,4)59(52)41-48)46-30-27-42(28-31-46)43-29-37-61-55(39-43)53-36-38-62-63(64(53)69(61)45-19-9-6-10-20-45)54-23-13-16-26-60(54)68(62)44-17-7-5-8-18-44/h5-41H,1-4H3. The summed E-state index contributed by atoms with van der Waals surface area (Å²) in [7, 11) is 0. The van der Waals surface area contributed by atoms with Crippen LogP contribution in [0.15, 0.2) is 224 Å². The zero-order valence-corrected chi connectivity index (χ0v) is 39.2. The summed E-state index contributed by atoms with van der Waals surface area (Å²) in [4.78, 5) is 2.47. The number of hydrogen-bond acceptors (Lipinski definition) is 1. The lowest BCUT2D eigenvalue weighted by atomic mass is 9.82. The Morgan fingerprint density at radius 3 is 1.42 bits per heavy atom. The Labute approximate surface area is 402 Å². The average Bonchev–Trinajstić information content (AvgIpc) is 4.06. The first-order chi connectivity index (χ1) is 33.8. The molecule has 0 amide bonds. The Bertz CT molecular complexity index is 3950. The summed E-state index contributed by atoms with van der Waals surface area (Å²) < 4.78 is 4.89. The van der Waals surface area contributed by atoms with Crippen LogP contribution < -0.4 is 4.90 Å². The zero-order chi connectivity index (χ0) is 46.2. The van der Waals surface area contributed by atoms with E-state index < -0.39 is 0 Å². The van der Waals surface area contributed by atoms with Gasteiger partial charge in [-0.05, 0) is 141 Å². The predicted octanol–water partition coefficient (Wildman–Crippen LogP) is 17.6. The molecule has 12 aromatic rings. The van der Waals surface area contributed by atoms with Gasteiger partial charge in [-0.3, -0.25) is 0 Å². The van der Waals surface area contributed by atoms with Crippen molar-refractivity contribution in [3.63, 3.8) is 0 Å². The van der Waals surface area contributed by atoms with E-state index in [1.54, 1.807) is 0 Å². The van der Waals surface area contributed by atoms with Crippen molar-refractivity contribution in [1.29, 1.82) is 0 Å². The van der Waals surface area contributed by atoms with Crippen LogP contribution in [0.1, 0.15) is 49.9 Å². The molecule has 0 aliphatic heterocycles. The van der Waals surface area contributed by atoms with Crippen molar-refractivity contribution in [2.24, 2.45) is 0 Å². The Balaban J connectivity index is 0.929. The van der Waals surface area contributed by atoms with E-state index in [1.165, 1.54) is 99.2 Å². The largest absolute Gasteiger partial charge is 0.310 e. The topological polar surface area (TPSA) is 13.1 Å². The molecule has 2 aliphatic carbocycles. The van der Waals surface area contributed by atoms with Gasteiger partial charge in [0.1, 0.15) is 0 Å². The third-order valence-corrected chi connectivity index (χ3v) is 15.7. The van der Waals surface area contributed by atoms with Crippen molar-refractivity contribution < 1.29 is 0 Å². The molecular formula is C66H49N3. The first-order valence-corrected chi connectivity index (χ1v) is 24.3. The van der Waals surface area contributed by atoms with Gasteiger partial charge in [0.2, 0.25) is 0 Å². The fourth-order valence-electron chi connectivity index (χ4n) is 12.4. The Hall–Kier alpha value is -8.40. The molecule has 14 rings (SSSR count). The fraction of sp³-hybridized carbons (Fsp3) is 0.0909. The lowest BCUT2D eigenvalue weighted by Gasteiger charge is -2.30. The summed E-state index contributed by atoms with van der Waals surface area (Å²) in [5.74, 6) is 0. The van der Waals surface area contributed by atoms with Gasteiger partial charge in [-0.1, -0.05) is 167 Å². The van der Waals surface area contributed by atoms with Gasteiger partial charge in [0.25, 0.3) is 0 Å². The number of hydrogen-bond donors (Lipinski definition) is 0. The van der Waals surface area contributed by atoms with Crippen molar-refractivity contribution in [2.45, 2.75) is 38.5 Å². The molecule has 2 heterocycles. The molecule has 0 unspecified atom stereocenters. The number of rotatable bonds is 6. The van der Waals surface area contributed by atoms with Crippen LogP contribution in [0.5, 0.6) is 0 Å². The summed E-state index contributed by atoms with van der Waals surface area (Å²) in [6.07, 6.45) is 0. The summed E-state index contributed by atoms with van der Waals surface area (Å²) in [5.41, 5.74) is 23.5. The van der Waals surface area contributed by atoms with Crippen LogP contribution in [0.3, 0.4) is 0 Å². The minimum absolute atomic E-state index is 0.119. The minimum Gasteiger partial charge on any atom is -0.310 e. The van der Waals surface area contributed by atoms with Gasteiger partial charge in [-0.15, -0.1) is 0 Å². The second kappa shape index (κ2) is 14.6. The van der Waals surface area contributed by atoms with Gasteiger partial charge in [0, 0.05) is 60.8 Å². The third kappa shape index (κ3) is 5.68. The van der Waals surface area contributed by atoms with Crippen LogP contribution in [0.4, 0.5) is 17.1 Å². The molecule has 69 heavy (non-hydrogen) atoms. The van der Waals surface area contributed by atoms with E-state index in [1.807, 2.05) is 0 Å². The number of benzene rings is 10. The normalized spacial score (nSPS) is 14.0.